The Balaban J connectivity index is 1.56. The third kappa shape index (κ3) is 3.41. The van der Waals surface area contributed by atoms with E-state index in [0.717, 1.165) is 48.9 Å². The van der Waals surface area contributed by atoms with E-state index in [4.69, 9.17) is 0 Å². The number of aromatic amines is 1. The van der Waals surface area contributed by atoms with Gasteiger partial charge in [-0.05, 0) is 67.9 Å². The van der Waals surface area contributed by atoms with Crippen LogP contribution in [-0.2, 0) is 12.8 Å². The molecule has 0 saturated carbocycles. The van der Waals surface area contributed by atoms with Gasteiger partial charge in [0.25, 0.3) is 5.91 Å². The molecule has 0 fully saturated rings. The molecule has 0 radical (unpaired) electrons. The fraction of sp³-hybridized carbons (Fsp3) is 0.429. The average molecular weight is 388 g/mol. The van der Waals surface area contributed by atoms with E-state index < -0.39 is 6.61 Å². The number of aryl methyl sites for hydroxylation is 2. The minimum Gasteiger partial charge on any atom is -0.435 e. The Morgan fingerprint density at radius 3 is 2.82 bits per heavy atom. The first kappa shape index (κ1) is 18.7. The zero-order valence-corrected chi connectivity index (χ0v) is 15.6. The topological polar surface area (TPSA) is 71.2 Å². The number of ether oxygens (including phenoxy) is 1. The van der Waals surface area contributed by atoms with E-state index in [9.17, 15) is 18.4 Å². The van der Waals surface area contributed by atoms with Crippen molar-refractivity contribution in [3.63, 3.8) is 0 Å². The smallest absolute Gasteiger partial charge is 0.387 e. The van der Waals surface area contributed by atoms with Crippen LogP contribution in [0, 0.1) is 6.92 Å². The van der Waals surface area contributed by atoms with E-state index in [1.165, 1.54) is 6.07 Å². The maximum absolute atomic E-state index is 12.9. The summed E-state index contributed by atoms with van der Waals surface area (Å²) in [4.78, 5) is 28.2. The maximum atomic E-state index is 12.9. The molecule has 0 spiro atoms. The second-order valence-electron chi connectivity index (χ2n) is 7.41. The minimum absolute atomic E-state index is 0.0867. The molecule has 7 heteroatoms. The molecule has 1 amide bonds. The van der Waals surface area contributed by atoms with Gasteiger partial charge in [0.05, 0.1) is 6.04 Å². The third-order valence-electron chi connectivity index (χ3n) is 5.62. The van der Waals surface area contributed by atoms with Crippen molar-refractivity contribution in [2.24, 2.45) is 0 Å². The van der Waals surface area contributed by atoms with Crippen LogP contribution in [0.5, 0.6) is 5.75 Å². The summed E-state index contributed by atoms with van der Waals surface area (Å²) >= 11 is 0. The number of amides is 1. The van der Waals surface area contributed by atoms with Crippen LogP contribution in [0.2, 0.25) is 0 Å². The lowest BCUT2D eigenvalue weighted by atomic mass is 9.87. The Morgan fingerprint density at radius 2 is 2.07 bits per heavy atom. The van der Waals surface area contributed by atoms with Crippen LogP contribution in [-0.4, -0.2) is 23.3 Å². The zero-order valence-electron chi connectivity index (χ0n) is 15.6. The fourth-order valence-electron chi connectivity index (χ4n) is 4.35. The summed E-state index contributed by atoms with van der Waals surface area (Å²) in [5, 5.41) is 3.05. The third-order valence-corrected chi connectivity index (χ3v) is 5.62. The zero-order chi connectivity index (χ0) is 19.8. The number of rotatable bonds is 4. The highest BCUT2D eigenvalue weighted by Gasteiger charge is 2.28. The van der Waals surface area contributed by atoms with Gasteiger partial charge in [0.15, 0.2) is 5.78 Å². The number of ketones is 1. The van der Waals surface area contributed by atoms with Crippen LogP contribution in [0.3, 0.4) is 0 Å². The summed E-state index contributed by atoms with van der Waals surface area (Å²) < 4.78 is 29.4. The molecule has 0 aliphatic heterocycles. The number of H-pyrrole nitrogens is 1. The van der Waals surface area contributed by atoms with Crippen molar-refractivity contribution < 1.29 is 23.1 Å². The summed E-state index contributed by atoms with van der Waals surface area (Å²) in [6, 6.07) is 4.67. The van der Waals surface area contributed by atoms with Crippen molar-refractivity contribution in [1.82, 2.24) is 10.3 Å². The second-order valence-corrected chi connectivity index (χ2v) is 7.41. The molecular formula is C21H22F2N2O3. The van der Waals surface area contributed by atoms with Gasteiger partial charge >= 0.3 is 6.61 Å². The molecule has 4 rings (SSSR count). The fourth-order valence-corrected chi connectivity index (χ4v) is 4.35. The number of alkyl halides is 2. The van der Waals surface area contributed by atoms with Gasteiger partial charge in [-0.1, -0.05) is 6.07 Å². The molecule has 2 aliphatic rings. The number of aromatic nitrogens is 1. The van der Waals surface area contributed by atoms with E-state index in [1.807, 2.05) is 0 Å². The molecule has 1 heterocycles. The van der Waals surface area contributed by atoms with Crippen molar-refractivity contribution >= 4 is 11.7 Å². The second kappa shape index (κ2) is 7.37. The first-order valence-electron chi connectivity index (χ1n) is 9.57. The van der Waals surface area contributed by atoms with Crippen LogP contribution < -0.4 is 10.1 Å². The van der Waals surface area contributed by atoms with Gasteiger partial charge in [-0.3, -0.25) is 9.59 Å². The molecule has 1 aromatic heterocycles. The summed E-state index contributed by atoms with van der Waals surface area (Å²) in [5.74, 6) is -0.0267. The quantitative estimate of drug-likeness (QED) is 0.823. The van der Waals surface area contributed by atoms with E-state index >= 15 is 0 Å². The highest BCUT2D eigenvalue weighted by Crippen LogP contribution is 2.33. The van der Waals surface area contributed by atoms with Gasteiger partial charge < -0.3 is 15.0 Å². The van der Waals surface area contributed by atoms with E-state index in [1.54, 1.807) is 19.1 Å². The molecule has 0 unspecified atom stereocenters. The standard InChI is InChI=1S/C21H22F2N2O3/c1-11-18-16(6-3-7-17(18)26)24-19(11)20(27)25-15-5-2-4-12-10-13(28-21(22)23)8-9-14(12)15/h8-10,15,21,24H,2-7H2,1H3,(H,25,27)/t15-/m1/s1. The molecule has 2 aromatic rings. The van der Waals surface area contributed by atoms with Gasteiger partial charge in [-0.25, -0.2) is 0 Å². The Kier molecular flexibility index (Phi) is 4.91. The molecule has 5 nitrogen and oxygen atoms in total. The molecule has 2 aliphatic carbocycles. The number of carbonyl (C=O) groups is 2. The number of nitrogens with one attached hydrogen (secondary N) is 2. The van der Waals surface area contributed by atoms with Crippen LogP contribution in [0.4, 0.5) is 8.78 Å². The normalized spacial score (nSPS) is 18.6. The predicted octanol–water partition coefficient (Wildman–Crippen LogP) is 4.25. The Bertz CT molecular complexity index is 936. The van der Waals surface area contributed by atoms with Gasteiger partial charge in [0.1, 0.15) is 11.4 Å². The molecule has 28 heavy (non-hydrogen) atoms. The molecule has 0 saturated heterocycles. The van der Waals surface area contributed by atoms with Gasteiger partial charge in [-0.15, -0.1) is 0 Å². The number of fused-ring (bicyclic) bond motifs is 2. The van der Waals surface area contributed by atoms with Crippen LogP contribution >= 0.6 is 0 Å². The Hall–Kier alpha value is -2.70. The average Bonchev–Trinajstić information content (AvgIpc) is 2.99. The molecular weight excluding hydrogens is 366 g/mol. The summed E-state index contributed by atoms with van der Waals surface area (Å²) in [5.41, 5.74) is 4.48. The highest BCUT2D eigenvalue weighted by molar-refractivity contribution is 6.04. The Morgan fingerprint density at radius 1 is 1.25 bits per heavy atom. The summed E-state index contributed by atoms with van der Waals surface area (Å²) in [6.45, 7) is -1.06. The number of carbonyl (C=O) groups excluding carboxylic acids is 2. The van der Waals surface area contributed by atoms with Crippen molar-refractivity contribution in [1.29, 1.82) is 0 Å². The highest BCUT2D eigenvalue weighted by atomic mass is 19.3. The molecule has 148 valence electrons. The lowest BCUT2D eigenvalue weighted by molar-refractivity contribution is -0.0499. The first-order chi connectivity index (χ1) is 13.4. The van der Waals surface area contributed by atoms with E-state index in [0.29, 0.717) is 23.2 Å². The number of hydrogen-bond acceptors (Lipinski definition) is 3. The molecule has 1 atom stereocenters. The number of hydrogen-bond donors (Lipinski definition) is 2. The van der Waals surface area contributed by atoms with Crippen molar-refractivity contribution in [2.75, 3.05) is 0 Å². The van der Waals surface area contributed by atoms with Gasteiger partial charge in [0.2, 0.25) is 0 Å². The minimum atomic E-state index is -2.86. The van der Waals surface area contributed by atoms with Crippen molar-refractivity contribution in [3.05, 3.63) is 51.8 Å². The first-order valence-corrected chi connectivity index (χ1v) is 9.57. The summed E-state index contributed by atoms with van der Waals surface area (Å²) in [7, 11) is 0. The Labute approximate surface area is 161 Å². The molecule has 1 aromatic carbocycles. The lowest BCUT2D eigenvalue weighted by Crippen LogP contribution is -2.31. The SMILES string of the molecule is Cc1c(C(=O)N[C@@H]2CCCc3cc(OC(F)F)ccc32)[nH]c2c1C(=O)CCC2. The maximum Gasteiger partial charge on any atom is 0.387 e. The van der Waals surface area contributed by atoms with Crippen molar-refractivity contribution in [3.8, 4) is 5.75 Å². The number of halogens is 2. The van der Waals surface area contributed by atoms with Crippen molar-refractivity contribution in [2.45, 2.75) is 58.1 Å². The molecule has 0 bridgehead atoms. The van der Waals surface area contributed by atoms with E-state index in [2.05, 4.69) is 15.0 Å². The number of Topliss-reactive ketones (excluding diaryl/α,β-unsaturated/α-hetero) is 1. The van der Waals surface area contributed by atoms with Crippen LogP contribution in [0.15, 0.2) is 18.2 Å². The van der Waals surface area contributed by atoms with E-state index in [-0.39, 0.29) is 23.5 Å². The largest absolute Gasteiger partial charge is 0.435 e. The summed E-state index contributed by atoms with van der Waals surface area (Å²) in [6.07, 6.45) is 4.46. The van der Waals surface area contributed by atoms with Crippen LogP contribution in [0.25, 0.3) is 0 Å². The number of benzene rings is 1. The molecule has 2 N–H and O–H groups in total. The van der Waals surface area contributed by atoms with Gasteiger partial charge in [-0.2, -0.15) is 8.78 Å². The predicted molar refractivity (Wildman–Crippen MR) is 99.0 cm³/mol. The van der Waals surface area contributed by atoms with Crippen LogP contribution in [0.1, 0.15) is 75.0 Å². The van der Waals surface area contributed by atoms with Gasteiger partial charge in [0, 0.05) is 17.7 Å². The monoisotopic (exact) mass is 388 g/mol. The lowest BCUT2D eigenvalue weighted by Gasteiger charge is -2.27.